The summed E-state index contributed by atoms with van der Waals surface area (Å²) in [6.45, 7) is 1.48. The zero-order valence-electron chi connectivity index (χ0n) is 13.9. The summed E-state index contributed by atoms with van der Waals surface area (Å²) in [7, 11) is 0. The lowest BCUT2D eigenvalue weighted by Gasteiger charge is -2.18. The van der Waals surface area contributed by atoms with Gasteiger partial charge in [0.25, 0.3) is 0 Å². The number of amides is 1. The van der Waals surface area contributed by atoms with Gasteiger partial charge in [0.15, 0.2) is 11.5 Å². The molecule has 3 rings (SSSR count). The van der Waals surface area contributed by atoms with E-state index in [2.05, 4.69) is 5.32 Å². The first-order chi connectivity index (χ1) is 12.4. The van der Waals surface area contributed by atoms with Crippen LogP contribution in [-0.4, -0.2) is 25.7 Å². The number of carbonyl (C=O) groups is 1. The molecule has 0 saturated carbocycles. The van der Waals surface area contributed by atoms with Crippen LogP contribution in [-0.2, 0) is 23.8 Å². The number of fused-ring (bicyclic) bond motifs is 1. The molecule has 0 radical (unpaired) electrons. The topological polar surface area (TPSA) is 47.6 Å². The molecule has 4 nitrogen and oxygen atoms in total. The van der Waals surface area contributed by atoms with Crippen molar-refractivity contribution >= 4 is 5.91 Å². The zero-order chi connectivity index (χ0) is 18.6. The molecular formula is C19H18F3NO3. The van der Waals surface area contributed by atoms with E-state index in [0.717, 1.165) is 17.7 Å². The van der Waals surface area contributed by atoms with Gasteiger partial charge < -0.3 is 14.8 Å². The van der Waals surface area contributed by atoms with Gasteiger partial charge in [-0.05, 0) is 41.8 Å². The van der Waals surface area contributed by atoms with Crippen molar-refractivity contribution in [1.29, 1.82) is 0 Å². The minimum absolute atomic E-state index is 0.0409. The summed E-state index contributed by atoms with van der Waals surface area (Å²) in [5, 5.41) is 2.77. The molecule has 1 N–H and O–H groups in total. The largest absolute Gasteiger partial charge is 0.486 e. The lowest BCUT2D eigenvalue weighted by molar-refractivity contribution is -0.137. The Kier molecular flexibility index (Phi) is 5.35. The maximum Gasteiger partial charge on any atom is 0.416 e. The van der Waals surface area contributed by atoms with Gasteiger partial charge in [-0.3, -0.25) is 4.79 Å². The Bertz CT molecular complexity index is 773. The number of carbonyl (C=O) groups excluding carboxylic acids is 1. The van der Waals surface area contributed by atoms with Crippen LogP contribution in [0.4, 0.5) is 13.2 Å². The third kappa shape index (κ3) is 4.68. The third-order valence-electron chi connectivity index (χ3n) is 3.99. The summed E-state index contributed by atoms with van der Waals surface area (Å²) in [5.74, 6) is 1.18. The maximum absolute atomic E-state index is 12.5. The van der Waals surface area contributed by atoms with Crippen molar-refractivity contribution in [3.63, 3.8) is 0 Å². The molecule has 0 aliphatic carbocycles. The van der Waals surface area contributed by atoms with E-state index in [9.17, 15) is 18.0 Å². The van der Waals surface area contributed by atoms with Crippen molar-refractivity contribution in [2.45, 2.75) is 19.0 Å². The van der Waals surface area contributed by atoms with E-state index in [1.165, 1.54) is 12.1 Å². The van der Waals surface area contributed by atoms with E-state index in [4.69, 9.17) is 9.47 Å². The first kappa shape index (κ1) is 18.1. The Hall–Kier alpha value is -2.70. The number of hydrogen-bond donors (Lipinski definition) is 1. The van der Waals surface area contributed by atoms with Crippen molar-refractivity contribution in [2.75, 3.05) is 19.8 Å². The zero-order valence-corrected chi connectivity index (χ0v) is 13.9. The van der Waals surface area contributed by atoms with Crippen molar-refractivity contribution in [1.82, 2.24) is 5.32 Å². The van der Waals surface area contributed by atoms with Crippen LogP contribution in [0.15, 0.2) is 42.5 Å². The Balaban J connectivity index is 1.47. The second-order valence-corrected chi connectivity index (χ2v) is 5.95. The predicted molar refractivity (Wildman–Crippen MR) is 89.3 cm³/mol. The summed E-state index contributed by atoms with van der Waals surface area (Å²) in [5.41, 5.74) is 0.819. The molecule has 138 valence electrons. The molecule has 0 aromatic heterocycles. The van der Waals surface area contributed by atoms with Crippen LogP contribution in [0, 0.1) is 0 Å². The lowest BCUT2D eigenvalue weighted by atomic mass is 10.1. The first-order valence-electron chi connectivity index (χ1n) is 8.23. The Labute approximate surface area is 148 Å². The smallest absolute Gasteiger partial charge is 0.416 e. The lowest BCUT2D eigenvalue weighted by Crippen LogP contribution is -2.27. The highest BCUT2D eigenvalue weighted by atomic mass is 19.4. The molecule has 1 aliphatic rings. The monoisotopic (exact) mass is 365 g/mol. The van der Waals surface area contributed by atoms with Crippen molar-refractivity contribution in [3.8, 4) is 11.5 Å². The van der Waals surface area contributed by atoms with E-state index in [-0.39, 0.29) is 12.3 Å². The van der Waals surface area contributed by atoms with Gasteiger partial charge in [0, 0.05) is 6.54 Å². The number of alkyl halides is 3. The average Bonchev–Trinajstić information content (AvgIpc) is 2.61. The van der Waals surface area contributed by atoms with Crippen molar-refractivity contribution in [3.05, 3.63) is 59.2 Å². The van der Waals surface area contributed by atoms with E-state index in [1.54, 1.807) is 0 Å². The SMILES string of the molecule is O=C(Cc1ccc(C(F)(F)F)cc1)NCCc1ccc2c(c1)OCCO2. The molecule has 26 heavy (non-hydrogen) atoms. The second-order valence-electron chi connectivity index (χ2n) is 5.95. The van der Waals surface area contributed by atoms with Crippen LogP contribution >= 0.6 is 0 Å². The summed E-state index contributed by atoms with van der Waals surface area (Å²) in [6.07, 6.45) is -3.71. The average molecular weight is 365 g/mol. The fourth-order valence-electron chi connectivity index (χ4n) is 2.65. The summed E-state index contributed by atoms with van der Waals surface area (Å²) in [6, 6.07) is 10.3. The molecule has 0 bridgehead atoms. The third-order valence-corrected chi connectivity index (χ3v) is 3.99. The molecular weight excluding hydrogens is 347 g/mol. The molecule has 0 unspecified atom stereocenters. The molecule has 0 atom stereocenters. The van der Waals surface area contributed by atoms with Crippen LogP contribution in [0.2, 0.25) is 0 Å². The van der Waals surface area contributed by atoms with Crippen LogP contribution in [0.5, 0.6) is 11.5 Å². The normalized spacial score (nSPS) is 13.3. The van der Waals surface area contributed by atoms with Gasteiger partial charge in [-0.25, -0.2) is 0 Å². The van der Waals surface area contributed by atoms with Gasteiger partial charge in [-0.15, -0.1) is 0 Å². The van der Waals surface area contributed by atoms with E-state index in [1.807, 2.05) is 18.2 Å². The standard InChI is InChI=1S/C19H18F3NO3/c20-19(21,22)15-4-1-13(2-5-15)12-18(24)23-8-7-14-3-6-16-17(11-14)26-10-9-25-16/h1-6,11H,7-10,12H2,(H,23,24). The quantitative estimate of drug-likeness (QED) is 0.884. The number of nitrogens with one attached hydrogen (secondary N) is 1. The van der Waals surface area contributed by atoms with Gasteiger partial charge in [0.2, 0.25) is 5.91 Å². The summed E-state index contributed by atoms with van der Waals surface area (Å²) in [4.78, 5) is 11.9. The Morgan fingerprint density at radius 1 is 0.962 bits per heavy atom. The second kappa shape index (κ2) is 7.68. The minimum atomic E-state index is -4.37. The number of hydrogen-bond acceptors (Lipinski definition) is 3. The minimum Gasteiger partial charge on any atom is -0.486 e. The van der Waals surface area contributed by atoms with Crippen LogP contribution in [0.3, 0.4) is 0 Å². The summed E-state index contributed by atoms with van der Waals surface area (Å²) < 4.78 is 48.5. The molecule has 0 fully saturated rings. The fraction of sp³-hybridized carbons (Fsp3) is 0.316. The van der Waals surface area contributed by atoms with Gasteiger partial charge >= 0.3 is 6.18 Å². The molecule has 0 saturated heterocycles. The molecule has 1 amide bonds. The number of ether oxygens (including phenoxy) is 2. The number of rotatable bonds is 5. The highest BCUT2D eigenvalue weighted by Crippen LogP contribution is 2.31. The first-order valence-corrected chi connectivity index (χ1v) is 8.23. The Morgan fingerprint density at radius 2 is 1.62 bits per heavy atom. The van der Waals surface area contributed by atoms with Gasteiger partial charge in [-0.1, -0.05) is 18.2 Å². The molecule has 2 aromatic carbocycles. The van der Waals surface area contributed by atoms with Gasteiger partial charge in [-0.2, -0.15) is 13.2 Å². The van der Waals surface area contributed by atoms with E-state index >= 15 is 0 Å². The van der Waals surface area contributed by atoms with Crippen molar-refractivity contribution in [2.24, 2.45) is 0 Å². The van der Waals surface area contributed by atoms with Crippen LogP contribution in [0.25, 0.3) is 0 Å². The molecule has 7 heteroatoms. The highest BCUT2D eigenvalue weighted by Gasteiger charge is 2.29. The molecule has 1 heterocycles. The number of benzene rings is 2. The number of halogens is 3. The van der Waals surface area contributed by atoms with Gasteiger partial charge in [0.1, 0.15) is 13.2 Å². The predicted octanol–water partition coefficient (Wildman–Crippen LogP) is 3.38. The molecule has 0 spiro atoms. The molecule has 2 aromatic rings. The fourth-order valence-corrected chi connectivity index (χ4v) is 2.65. The molecule has 1 aliphatic heterocycles. The van der Waals surface area contributed by atoms with E-state index < -0.39 is 11.7 Å². The summed E-state index contributed by atoms with van der Waals surface area (Å²) >= 11 is 0. The maximum atomic E-state index is 12.5. The van der Waals surface area contributed by atoms with Crippen LogP contribution in [0.1, 0.15) is 16.7 Å². The van der Waals surface area contributed by atoms with Crippen molar-refractivity contribution < 1.29 is 27.4 Å². The highest BCUT2D eigenvalue weighted by molar-refractivity contribution is 5.78. The Morgan fingerprint density at radius 3 is 2.31 bits per heavy atom. The van der Waals surface area contributed by atoms with Crippen LogP contribution < -0.4 is 14.8 Å². The van der Waals surface area contributed by atoms with Gasteiger partial charge in [0.05, 0.1) is 12.0 Å². The van der Waals surface area contributed by atoms with E-state index in [0.29, 0.717) is 43.2 Å².